The molecule has 0 N–H and O–H groups in total. The molecule has 5 heteroatoms. The lowest BCUT2D eigenvalue weighted by Gasteiger charge is -2.21. The number of fused-ring (bicyclic) bond motifs is 10. The van der Waals surface area contributed by atoms with Crippen molar-refractivity contribution in [1.29, 1.82) is 0 Å². The van der Waals surface area contributed by atoms with Crippen molar-refractivity contribution in [3.63, 3.8) is 0 Å². The monoisotopic (exact) mass is 680 g/mol. The van der Waals surface area contributed by atoms with Crippen molar-refractivity contribution in [3.8, 4) is 51.0 Å². The lowest BCUT2D eigenvalue weighted by atomic mass is 9.82. The number of para-hydroxylation sites is 2. The molecule has 7 aromatic carbocycles. The average molecular weight is 681 g/mol. The zero-order chi connectivity index (χ0) is 35.3. The highest BCUT2D eigenvalue weighted by molar-refractivity contribution is 6.15. The highest BCUT2D eigenvalue weighted by Crippen LogP contribution is 2.52. The van der Waals surface area contributed by atoms with Gasteiger partial charge in [0, 0.05) is 54.9 Å². The van der Waals surface area contributed by atoms with Crippen LogP contribution in [0.15, 0.2) is 162 Å². The molecule has 3 aromatic heterocycles. The van der Waals surface area contributed by atoms with Gasteiger partial charge in [0.25, 0.3) is 0 Å². The quantitative estimate of drug-likeness (QED) is 0.186. The van der Waals surface area contributed by atoms with Gasteiger partial charge in [-0.05, 0) is 65.2 Å². The summed E-state index contributed by atoms with van der Waals surface area (Å²) in [6.07, 6.45) is 0. The molecule has 0 amide bonds. The summed E-state index contributed by atoms with van der Waals surface area (Å²) in [6, 6.07) is 55.3. The summed E-state index contributed by atoms with van der Waals surface area (Å²) in [5.41, 5.74) is 13.2. The predicted octanol–water partition coefficient (Wildman–Crippen LogP) is 12.2. The van der Waals surface area contributed by atoms with E-state index in [0.29, 0.717) is 17.5 Å². The third kappa shape index (κ3) is 4.40. The van der Waals surface area contributed by atoms with Gasteiger partial charge in [0.2, 0.25) is 0 Å². The largest absolute Gasteiger partial charge is 0.456 e. The standard InChI is InChI=1S/C48H32N4O/c1-48(2)38-17-9-6-16-37(38)43-39(48)27-26-36-33-14-7-10-18-40(33)52(44(36)43)32-23-20-30(21-24-32)46-49-45(29-12-4-3-5-13-29)50-47(51-46)31-22-25-35-34-15-8-11-19-41(34)53-42(35)28-31/h3-28H,1-2H3. The minimum absolute atomic E-state index is 0.0902. The number of rotatable bonds is 4. The summed E-state index contributed by atoms with van der Waals surface area (Å²) in [7, 11) is 0. The Morgan fingerprint density at radius 2 is 1.08 bits per heavy atom. The lowest BCUT2D eigenvalue weighted by molar-refractivity contribution is 0.661. The van der Waals surface area contributed by atoms with Gasteiger partial charge in [-0.25, -0.2) is 15.0 Å². The zero-order valence-electron chi connectivity index (χ0n) is 29.2. The van der Waals surface area contributed by atoms with E-state index in [4.69, 9.17) is 19.4 Å². The maximum Gasteiger partial charge on any atom is 0.164 e. The van der Waals surface area contributed by atoms with Crippen LogP contribution in [0.2, 0.25) is 0 Å². The van der Waals surface area contributed by atoms with Crippen molar-refractivity contribution in [2.45, 2.75) is 19.3 Å². The molecule has 0 radical (unpaired) electrons. The Hall–Kier alpha value is -6.85. The molecule has 11 rings (SSSR count). The topological polar surface area (TPSA) is 56.7 Å². The van der Waals surface area contributed by atoms with E-state index in [-0.39, 0.29) is 5.41 Å². The second-order valence-electron chi connectivity index (χ2n) is 14.4. The van der Waals surface area contributed by atoms with Gasteiger partial charge in [-0.2, -0.15) is 0 Å². The second-order valence-corrected chi connectivity index (χ2v) is 14.4. The first-order valence-electron chi connectivity index (χ1n) is 18.0. The number of hydrogen-bond donors (Lipinski definition) is 0. The molecule has 5 nitrogen and oxygen atoms in total. The molecule has 0 saturated carbocycles. The molecule has 0 spiro atoms. The lowest BCUT2D eigenvalue weighted by Crippen LogP contribution is -2.14. The number of benzene rings is 7. The summed E-state index contributed by atoms with van der Waals surface area (Å²) in [5, 5.41) is 4.66. The highest BCUT2D eigenvalue weighted by Gasteiger charge is 2.37. The minimum Gasteiger partial charge on any atom is -0.456 e. The highest BCUT2D eigenvalue weighted by atomic mass is 16.3. The van der Waals surface area contributed by atoms with Gasteiger partial charge >= 0.3 is 0 Å². The van der Waals surface area contributed by atoms with Crippen molar-refractivity contribution in [2.24, 2.45) is 0 Å². The molecule has 3 heterocycles. The third-order valence-electron chi connectivity index (χ3n) is 11.1. The molecule has 0 saturated heterocycles. The maximum atomic E-state index is 6.24. The Morgan fingerprint density at radius 1 is 0.472 bits per heavy atom. The fourth-order valence-corrected chi connectivity index (χ4v) is 8.49. The number of hydrogen-bond acceptors (Lipinski definition) is 4. The molecule has 0 atom stereocenters. The maximum absolute atomic E-state index is 6.24. The van der Waals surface area contributed by atoms with E-state index < -0.39 is 0 Å². The van der Waals surface area contributed by atoms with Crippen LogP contribution in [0.3, 0.4) is 0 Å². The van der Waals surface area contributed by atoms with E-state index in [2.05, 4.69) is 122 Å². The number of furan rings is 1. The van der Waals surface area contributed by atoms with Crippen molar-refractivity contribution in [1.82, 2.24) is 19.5 Å². The number of aromatic nitrogens is 4. The smallest absolute Gasteiger partial charge is 0.164 e. The normalized spacial score (nSPS) is 13.2. The number of nitrogens with zero attached hydrogens (tertiary/aromatic N) is 4. The van der Waals surface area contributed by atoms with E-state index in [9.17, 15) is 0 Å². The van der Waals surface area contributed by atoms with Crippen LogP contribution >= 0.6 is 0 Å². The van der Waals surface area contributed by atoms with Crippen LogP contribution in [-0.4, -0.2) is 19.5 Å². The molecule has 10 aromatic rings. The van der Waals surface area contributed by atoms with Gasteiger partial charge in [0.05, 0.1) is 11.0 Å². The van der Waals surface area contributed by atoms with E-state index in [0.717, 1.165) is 44.3 Å². The Morgan fingerprint density at radius 3 is 1.89 bits per heavy atom. The van der Waals surface area contributed by atoms with Crippen LogP contribution in [0.5, 0.6) is 0 Å². The molecule has 0 aliphatic heterocycles. The molecule has 250 valence electrons. The SMILES string of the molecule is CC1(C)c2ccccc2-c2c1ccc1c3ccccc3n(-c3ccc(-c4nc(-c5ccccc5)nc(-c5ccc6c(c5)oc5ccccc56)n4)cc3)c21. The van der Waals surface area contributed by atoms with Gasteiger partial charge in [-0.1, -0.05) is 123 Å². The van der Waals surface area contributed by atoms with Crippen LogP contribution in [0, 0.1) is 0 Å². The van der Waals surface area contributed by atoms with Gasteiger partial charge in [0.15, 0.2) is 17.5 Å². The molecule has 0 bridgehead atoms. The summed E-state index contributed by atoms with van der Waals surface area (Å²) in [5.74, 6) is 1.84. The molecular weight excluding hydrogens is 649 g/mol. The Balaban J connectivity index is 1.08. The van der Waals surface area contributed by atoms with Gasteiger partial charge in [-0.15, -0.1) is 0 Å². The van der Waals surface area contributed by atoms with E-state index in [1.165, 1.54) is 44.1 Å². The zero-order valence-corrected chi connectivity index (χ0v) is 29.2. The Kier molecular flexibility index (Phi) is 6.23. The molecule has 1 aliphatic rings. The first-order chi connectivity index (χ1) is 26.0. The fourth-order valence-electron chi connectivity index (χ4n) is 8.49. The summed E-state index contributed by atoms with van der Waals surface area (Å²) >= 11 is 0. The third-order valence-corrected chi connectivity index (χ3v) is 11.1. The van der Waals surface area contributed by atoms with E-state index >= 15 is 0 Å². The van der Waals surface area contributed by atoms with E-state index in [1.54, 1.807) is 0 Å². The van der Waals surface area contributed by atoms with Gasteiger partial charge < -0.3 is 8.98 Å². The molecule has 0 unspecified atom stereocenters. The first kappa shape index (κ1) is 29.8. The van der Waals surface area contributed by atoms with Crippen molar-refractivity contribution in [3.05, 3.63) is 169 Å². The average Bonchev–Trinajstić information content (AvgIpc) is 3.83. The fraction of sp³-hybridized carbons (Fsp3) is 0.0625. The summed E-state index contributed by atoms with van der Waals surface area (Å²) in [4.78, 5) is 15.1. The second kappa shape index (κ2) is 11.1. The van der Waals surface area contributed by atoms with Crippen LogP contribution in [0.25, 0.3) is 94.7 Å². The van der Waals surface area contributed by atoms with E-state index in [1.807, 2.05) is 54.6 Å². The molecule has 0 fully saturated rings. The Labute approximate surface area is 305 Å². The van der Waals surface area contributed by atoms with Crippen molar-refractivity contribution < 1.29 is 4.42 Å². The Bertz CT molecular complexity index is 3080. The van der Waals surface area contributed by atoms with Crippen LogP contribution < -0.4 is 0 Å². The summed E-state index contributed by atoms with van der Waals surface area (Å²) < 4.78 is 8.67. The minimum atomic E-state index is -0.0902. The molecule has 53 heavy (non-hydrogen) atoms. The van der Waals surface area contributed by atoms with Gasteiger partial charge in [-0.3, -0.25) is 0 Å². The van der Waals surface area contributed by atoms with Crippen LogP contribution in [-0.2, 0) is 5.41 Å². The predicted molar refractivity (Wildman–Crippen MR) is 215 cm³/mol. The van der Waals surface area contributed by atoms with Crippen molar-refractivity contribution in [2.75, 3.05) is 0 Å². The van der Waals surface area contributed by atoms with Gasteiger partial charge in [0.1, 0.15) is 11.2 Å². The summed E-state index contributed by atoms with van der Waals surface area (Å²) in [6.45, 7) is 4.68. The molecule has 1 aliphatic carbocycles. The van der Waals surface area contributed by atoms with Crippen molar-refractivity contribution >= 4 is 43.7 Å². The van der Waals surface area contributed by atoms with Crippen LogP contribution in [0.1, 0.15) is 25.0 Å². The molecular formula is C48H32N4O. The first-order valence-corrected chi connectivity index (χ1v) is 18.0. The van der Waals surface area contributed by atoms with Crippen LogP contribution in [0.4, 0.5) is 0 Å².